The van der Waals surface area contributed by atoms with Gasteiger partial charge in [-0.15, -0.1) is 0 Å². The van der Waals surface area contributed by atoms with Crippen LogP contribution < -0.4 is 4.74 Å². The molecule has 6 heteroatoms. The largest absolute Gasteiger partial charge is 0.508 e. The Morgan fingerprint density at radius 3 is 2.56 bits per heavy atom. The summed E-state index contributed by atoms with van der Waals surface area (Å²) in [5.74, 6) is -0.897. The van der Waals surface area contributed by atoms with E-state index in [4.69, 9.17) is 9.84 Å². The van der Waals surface area contributed by atoms with Crippen LogP contribution >= 0.6 is 0 Å². The second kappa shape index (κ2) is 6.68. The fraction of sp³-hybridized carbons (Fsp3) is 0.158. The predicted octanol–water partition coefficient (Wildman–Crippen LogP) is 2.99. The first kappa shape index (κ1) is 16.6. The van der Waals surface area contributed by atoms with Crippen LogP contribution in [-0.2, 0) is 11.2 Å². The molecule has 0 aliphatic carbocycles. The standard InChI is InChI=1S/C19H16O6/c20-12-6-4-11(5-7-12)17-10-16(22)14-8-9-15(21)13(19(14)25-17)2-1-3-18(23)24/h1,3-9,17,20-21H,2,10H2,(H,23,24)/b3-1+. The van der Waals surface area contributed by atoms with E-state index in [1.807, 2.05) is 0 Å². The average Bonchev–Trinajstić information content (AvgIpc) is 2.57. The van der Waals surface area contributed by atoms with Gasteiger partial charge in [0, 0.05) is 11.6 Å². The molecule has 1 aliphatic heterocycles. The predicted molar refractivity (Wildman–Crippen MR) is 89.0 cm³/mol. The molecular weight excluding hydrogens is 324 g/mol. The van der Waals surface area contributed by atoms with Gasteiger partial charge in [0.25, 0.3) is 0 Å². The first-order chi connectivity index (χ1) is 12.0. The van der Waals surface area contributed by atoms with Crippen molar-refractivity contribution in [3.05, 3.63) is 65.2 Å². The lowest BCUT2D eigenvalue weighted by molar-refractivity contribution is -0.131. The number of aliphatic carboxylic acids is 1. The molecule has 3 N–H and O–H groups in total. The molecule has 0 radical (unpaired) electrons. The maximum Gasteiger partial charge on any atom is 0.327 e. The minimum Gasteiger partial charge on any atom is -0.508 e. The van der Waals surface area contributed by atoms with Crippen LogP contribution in [0.25, 0.3) is 0 Å². The SMILES string of the molecule is O=C(O)/C=C/Cc1c(O)ccc2c1OC(c1ccc(O)cc1)CC2=O. The minimum atomic E-state index is -1.09. The highest BCUT2D eigenvalue weighted by Gasteiger charge is 2.30. The highest BCUT2D eigenvalue weighted by molar-refractivity contribution is 6.00. The lowest BCUT2D eigenvalue weighted by Gasteiger charge is -2.27. The third-order valence-electron chi connectivity index (χ3n) is 4.01. The Hall–Kier alpha value is -3.28. The van der Waals surface area contributed by atoms with Crippen LogP contribution in [0.3, 0.4) is 0 Å². The Balaban J connectivity index is 1.97. The number of carboxylic acid groups (broad SMARTS) is 1. The maximum absolute atomic E-state index is 12.5. The van der Waals surface area contributed by atoms with E-state index in [9.17, 15) is 19.8 Å². The van der Waals surface area contributed by atoms with Gasteiger partial charge >= 0.3 is 5.97 Å². The molecule has 0 saturated heterocycles. The molecule has 1 aliphatic rings. The molecule has 128 valence electrons. The van der Waals surface area contributed by atoms with E-state index in [1.165, 1.54) is 30.3 Å². The van der Waals surface area contributed by atoms with Crippen molar-refractivity contribution >= 4 is 11.8 Å². The Bertz CT molecular complexity index is 851. The number of benzene rings is 2. The molecule has 3 rings (SSSR count). The number of aromatic hydroxyl groups is 2. The molecule has 6 nitrogen and oxygen atoms in total. The zero-order valence-corrected chi connectivity index (χ0v) is 13.2. The number of carbonyl (C=O) groups excluding carboxylic acids is 1. The van der Waals surface area contributed by atoms with Gasteiger partial charge in [-0.2, -0.15) is 0 Å². The van der Waals surface area contributed by atoms with Gasteiger partial charge in [-0.25, -0.2) is 4.79 Å². The summed E-state index contributed by atoms with van der Waals surface area (Å²) in [6.07, 6.45) is 2.09. The Labute approximate surface area is 143 Å². The third kappa shape index (κ3) is 3.47. The Morgan fingerprint density at radius 2 is 1.88 bits per heavy atom. The van der Waals surface area contributed by atoms with Gasteiger partial charge < -0.3 is 20.1 Å². The molecular formula is C19H16O6. The van der Waals surface area contributed by atoms with Gasteiger partial charge in [-0.1, -0.05) is 18.2 Å². The zero-order chi connectivity index (χ0) is 18.0. The molecule has 0 spiro atoms. The van der Waals surface area contributed by atoms with Crippen LogP contribution in [0.2, 0.25) is 0 Å². The number of ketones is 1. The van der Waals surface area contributed by atoms with Crippen molar-refractivity contribution in [1.29, 1.82) is 0 Å². The summed E-state index contributed by atoms with van der Waals surface area (Å²) in [6.45, 7) is 0. The Morgan fingerprint density at radius 1 is 1.16 bits per heavy atom. The van der Waals surface area contributed by atoms with Crippen LogP contribution in [0.4, 0.5) is 0 Å². The zero-order valence-electron chi connectivity index (χ0n) is 13.2. The fourth-order valence-corrected chi connectivity index (χ4v) is 2.78. The topological polar surface area (TPSA) is 104 Å². The molecule has 0 aromatic heterocycles. The van der Waals surface area contributed by atoms with Crippen LogP contribution in [0, 0.1) is 0 Å². The molecule has 2 aromatic rings. The Kier molecular flexibility index (Phi) is 4.43. The van der Waals surface area contributed by atoms with Gasteiger partial charge in [-0.3, -0.25) is 4.79 Å². The molecule has 1 unspecified atom stereocenters. The summed E-state index contributed by atoms with van der Waals surface area (Å²) in [7, 11) is 0. The van der Waals surface area contributed by atoms with Crippen molar-refractivity contribution in [2.24, 2.45) is 0 Å². The van der Waals surface area contributed by atoms with Crippen molar-refractivity contribution in [3.8, 4) is 17.2 Å². The van der Waals surface area contributed by atoms with E-state index < -0.39 is 12.1 Å². The summed E-state index contributed by atoms with van der Waals surface area (Å²) < 4.78 is 5.95. The number of carboxylic acids is 1. The molecule has 2 aromatic carbocycles. The summed E-state index contributed by atoms with van der Waals surface area (Å²) in [6, 6.07) is 9.28. The van der Waals surface area contributed by atoms with Crippen LogP contribution in [0.5, 0.6) is 17.2 Å². The molecule has 1 heterocycles. The normalized spacial score (nSPS) is 16.5. The minimum absolute atomic E-state index is 0.0621. The van der Waals surface area contributed by atoms with Gasteiger partial charge in [0.05, 0.1) is 12.0 Å². The molecule has 0 amide bonds. The smallest absolute Gasteiger partial charge is 0.327 e. The third-order valence-corrected chi connectivity index (χ3v) is 4.01. The number of ether oxygens (including phenoxy) is 1. The molecule has 25 heavy (non-hydrogen) atoms. The number of hydrogen-bond donors (Lipinski definition) is 3. The van der Waals surface area contributed by atoms with Gasteiger partial charge in [0.1, 0.15) is 23.4 Å². The lowest BCUT2D eigenvalue weighted by atomic mass is 9.93. The lowest BCUT2D eigenvalue weighted by Crippen LogP contribution is -2.21. The van der Waals surface area contributed by atoms with Crippen molar-refractivity contribution in [3.63, 3.8) is 0 Å². The van der Waals surface area contributed by atoms with E-state index in [0.717, 1.165) is 11.6 Å². The molecule has 0 saturated carbocycles. The maximum atomic E-state index is 12.5. The number of carbonyl (C=O) groups is 2. The first-order valence-corrected chi connectivity index (χ1v) is 7.69. The van der Waals surface area contributed by atoms with Crippen LogP contribution in [0.15, 0.2) is 48.6 Å². The first-order valence-electron chi connectivity index (χ1n) is 7.69. The van der Waals surface area contributed by atoms with Crippen molar-refractivity contribution < 1.29 is 29.6 Å². The number of phenols is 2. The van der Waals surface area contributed by atoms with E-state index in [2.05, 4.69) is 0 Å². The average molecular weight is 340 g/mol. The van der Waals surface area contributed by atoms with Gasteiger partial charge in [-0.05, 0) is 36.2 Å². The second-order valence-corrected chi connectivity index (χ2v) is 5.71. The van der Waals surface area contributed by atoms with Crippen molar-refractivity contribution in [2.45, 2.75) is 18.9 Å². The molecule has 0 bridgehead atoms. The molecule has 1 atom stereocenters. The van der Waals surface area contributed by atoms with Crippen LogP contribution in [-0.4, -0.2) is 27.1 Å². The number of phenolic OH excluding ortho intramolecular Hbond substituents is 2. The summed E-state index contributed by atoms with van der Waals surface area (Å²) in [4.78, 5) is 23.1. The highest BCUT2D eigenvalue weighted by Crippen LogP contribution is 2.41. The monoisotopic (exact) mass is 340 g/mol. The number of rotatable bonds is 4. The van der Waals surface area contributed by atoms with E-state index >= 15 is 0 Å². The second-order valence-electron chi connectivity index (χ2n) is 5.71. The van der Waals surface area contributed by atoms with Crippen molar-refractivity contribution in [1.82, 2.24) is 0 Å². The van der Waals surface area contributed by atoms with Crippen LogP contribution in [0.1, 0.15) is 34.0 Å². The summed E-state index contributed by atoms with van der Waals surface area (Å²) in [5.41, 5.74) is 1.46. The quantitative estimate of drug-likeness (QED) is 0.739. The number of Topliss-reactive ketones (excluding diaryl/α,β-unsaturated/α-hetero) is 1. The van der Waals surface area contributed by atoms with Gasteiger partial charge in [0.15, 0.2) is 5.78 Å². The van der Waals surface area contributed by atoms with E-state index in [-0.39, 0.29) is 35.9 Å². The number of allylic oxidation sites excluding steroid dienone is 1. The molecule has 0 fully saturated rings. The highest BCUT2D eigenvalue weighted by atomic mass is 16.5. The summed E-state index contributed by atoms with van der Waals surface area (Å²) >= 11 is 0. The summed E-state index contributed by atoms with van der Waals surface area (Å²) in [5, 5.41) is 28.2. The van der Waals surface area contributed by atoms with Gasteiger partial charge in [0.2, 0.25) is 0 Å². The number of fused-ring (bicyclic) bond motifs is 1. The van der Waals surface area contributed by atoms with E-state index in [1.54, 1.807) is 12.1 Å². The van der Waals surface area contributed by atoms with E-state index in [0.29, 0.717) is 11.1 Å². The van der Waals surface area contributed by atoms with Crippen molar-refractivity contribution in [2.75, 3.05) is 0 Å². The fourth-order valence-electron chi connectivity index (χ4n) is 2.78. The number of hydrogen-bond acceptors (Lipinski definition) is 5.